The molecular weight excluding hydrogens is 386 g/mol. The van der Waals surface area contributed by atoms with E-state index in [0.717, 1.165) is 5.56 Å². The smallest absolute Gasteiger partial charge is 0.257 e. The van der Waals surface area contributed by atoms with Crippen LogP contribution in [-0.2, 0) is 7.05 Å². The Kier molecular flexibility index (Phi) is 5.27. The number of aryl methyl sites for hydroxylation is 2. The Bertz CT molecular complexity index is 1160. The van der Waals surface area contributed by atoms with Gasteiger partial charge in [-0.15, -0.1) is 0 Å². The Balaban J connectivity index is 1.56. The zero-order chi connectivity index (χ0) is 21.3. The molecule has 30 heavy (non-hydrogen) atoms. The van der Waals surface area contributed by atoms with Gasteiger partial charge >= 0.3 is 0 Å². The maximum absolute atomic E-state index is 14.2. The van der Waals surface area contributed by atoms with Crippen molar-refractivity contribution in [2.24, 2.45) is 7.05 Å². The predicted molar refractivity (Wildman–Crippen MR) is 112 cm³/mol. The molecule has 2 heterocycles. The van der Waals surface area contributed by atoms with E-state index in [1.165, 1.54) is 12.2 Å². The van der Waals surface area contributed by atoms with Crippen molar-refractivity contribution in [1.29, 1.82) is 0 Å². The molecule has 3 aromatic rings. The second-order valence-corrected chi connectivity index (χ2v) is 7.11. The maximum Gasteiger partial charge on any atom is 0.257 e. The summed E-state index contributed by atoms with van der Waals surface area (Å²) in [6, 6.07) is 12.4. The molecule has 7 heteroatoms. The van der Waals surface area contributed by atoms with Gasteiger partial charge in [0.05, 0.1) is 11.4 Å². The van der Waals surface area contributed by atoms with Crippen molar-refractivity contribution in [3.05, 3.63) is 83.5 Å². The Labute approximate surface area is 172 Å². The first-order valence-electron chi connectivity index (χ1n) is 9.52. The highest BCUT2D eigenvalue weighted by Crippen LogP contribution is 2.33. The molecule has 1 N–H and O–H groups in total. The molecule has 2 aromatic heterocycles. The third kappa shape index (κ3) is 3.78. The number of nitrogens with zero attached hydrogens (tertiary/aromatic N) is 3. The standard InChI is InChI=1S/C23H20F2N4O/c1-14-6-3-4-7-16(14)23(30)27-21-11-10-15(13-26-21)20-12-19(28-29(20)2)22-17(24)8-5-9-18(22)25/h3-8,10-13,18H,9H2,1-2H3,(H,26,27,30). The highest BCUT2D eigenvalue weighted by Gasteiger charge is 2.24. The zero-order valence-electron chi connectivity index (χ0n) is 16.6. The van der Waals surface area contributed by atoms with E-state index in [2.05, 4.69) is 15.4 Å². The van der Waals surface area contributed by atoms with Gasteiger partial charge < -0.3 is 5.32 Å². The van der Waals surface area contributed by atoms with Crippen LogP contribution in [0.25, 0.3) is 16.8 Å². The van der Waals surface area contributed by atoms with Gasteiger partial charge in [0.1, 0.15) is 17.8 Å². The summed E-state index contributed by atoms with van der Waals surface area (Å²) < 4.78 is 29.9. The van der Waals surface area contributed by atoms with E-state index in [4.69, 9.17) is 0 Å². The Morgan fingerprint density at radius 3 is 2.73 bits per heavy atom. The lowest BCUT2D eigenvalue weighted by molar-refractivity contribution is 0.102. The molecule has 0 radical (unpaired) electrons. The number of alkyl halides is 1. The van der Waals surface area contributed by atoms with Gasteiger partial charge in [-0.1, -0.05) is 24.3 Å². The van der Waals surface area contributed by atoms with Gasteiger partial charge in [0, 0.05) is 36.4 Å². The van der Waals surface area contributed by atoms with E-state index in [9.17, 15) is 13.6 Å². The number of pyridine rings is 1. The number of halogens is 2. The topological polar surface area (TPSA) is 59.8 Å². The summed E-state index contributed by atoms with van der Waals surface area (Å²) in [5, 5.41) is 7.05. The minimum atomic E-state index is -1.42. The minimum Gasteiger partial charge on any atom is -0.307 e. The van der Waals surface area contributed by atoms with Crippen LogP contribution in [0.1, 0.15) is 28.0 Å². The van der Waals surface area contributed by atoms with Crippen LogP contribution in [0, 0.1) is 6.92 Å². The van der Waals surface area contributed by atoms with Crippen LogP contribution in [0.2, 0.25) is 0 Å². The van der Waals surface area contributed by atoms with Gasteiger partial charge in [0.25, 0.3) is 5.91 Å². The van der Waals surface area contributed by atoms with Crippen molar-refractivity contribution < 1.29 is 13.6 Å². The van der Waals surface area contributed by atoms with Crippen molar-refractivity contribution in [2.75, 3.05) is 5.32 Å². The first-order valence-corrected chi connectivity index (χ1v) is 9.52. The minimum absolute atomic E-state index is 0.0329. The van der Waals surface area contributed by atoms with Crippen LogP contribution in [0.3, 0.4) is 0 Å². The predicted octanol–water partition coefficient (Wildman–Crippen LogP) is 5.02. The van der Waals surface area contributed by atoms with Crippen LogP contribution < -0.4 is 5.32 Å². The molecule has 1 aliphatic carbocycles. The van der Waals surface area contributed by atoms with Gasteiger partial charge in [0.2, 0.25) is 0 Å². The summed E-state index contributed by atoms with van der Waals surface area (Å²) in [5.41, 5.74) is 3.06. The largest absolute Gasteiger partial charge is 0.307 e. The third-order valence-electron chi connectivity index (χ3n) is 5.02. The fourth-order valence-corrected chi connectivity index (χ4v) is 3.43. The molecule has 0 fully saturated rings. The Morgan fingerprint density at radius 2 is 2.03 bits per heavy atom. The number of rotatable bonds is 4. The molecule has 1 amide bonds. The van der Waals surface area contributed by atoms with Gasteiger partial charge in [-0.3, -0.25) is 9.48 Å². The van der Waals surface area contributed by atoms with E-state index >= 15 is 0 Å². The second-order valence-electron chi connectivity index (χ2n) is 7.11. The second kappa shape index (κ2) is 8.02. The summed E-state index contributed by atoms with van der Waals surface area (Å²) >= 11 is 0. The van der Waals surface area contributed by atoms with Crippen molar-refractivity contribution in [3.63, 3.8) is 0 Å². The molecule has 1 aromatic carbocycles. The fraction of sp³-hybridized carbons (Fsp3) is 0.174. The van der Waals surface area contributed by atoms with Crippen molar-refractivity contribution in [3.8, 4) is 11.3 Å². The number of amides is 1. The molecule has 5 nitrogen and oxygen atoms in total. The summed E-state index contributed by atoms with van der Waals surface area (Å²) in [7, 11) is 1.71. The molecule has 0 spiro atoms. The zero-order valence-corrected chi connectivity index (χ0v) is 16.6. The number of allylic oxidation sites excluding steroid dienone is 4. The van der Waals surface area contributed by atoms with Crippen molar-refractivity contribution >= 4 is 17.3 Å². The van der Waals surface area contributed by atoms with Crippen molar-refractivity contribution in [2.45, 2.75) is 19.5 Å². The summed E-state index contributed by atoms with van der Waals surface area (Å²) in [4.78, 5) is 16.7. The molecule has 0 saturated heterocycles. The fourth-order valence-electron chi connectivity index (χ4n) is 3.43. The molecule has 1 aliphatic rings. The average molecular weight is 406 g/mol. The van der Waals surface area contributed by atoms with Crippen LogP contribution in [-0.4, -0.2) is 26.8 Å². The number of carbonyl (C=O) groups is 1. The molecule has 0 bridgehead atoms. The molecule has 152 valence electrons. The van der Waals surface area contributed by atoms with Crippen molar-refractivity contribution in [1.82, 2.24) is 14.8 Å². The summed E-state index contributed by atoms with van der Waals surface area (Å²) in [6.45, 7) is 1.87. The first kappa shape index (κ1) is 19.7. The molecule has 1 atom stereocenters. The van der Waals surface area contributed by atoms with E-state index in [0.29, 0.717) is 22.6 Å². The number of carbonyl (C=O) groups excluding carboxylic acids is 1. The van der Waals surface area contributed by atoms with Crippen LogP contribution in [0.5, 0.6) is 0 Å². The Hall–Kier alpha value is -3.61. The van der Waals surface area contributed by atoms with E-state index < -0.39 is 12.0 Å². The van der Waals surface area contributed by atoms with Gasteiger partial charge in [-0.25, -0.2) is 13.8 Å². The number of nitrogens with one attached hydrogen (secondary N) is 1. The number of benzene rings is 1. The molecular formula is C23H20F2N4O. The monoisotopic (exact) mass is 406 g/mol. The quantitative estimate of drug-likeness (QED) is 0.662. The normalized spacial score (nSPS) is 16.1. The highest BCUT2D eigenvalue weighted by molar-refractivity contribution is 6.04. The van der Waals surface area contributed by atoms with Crippen LogP contribution >= 0.6 is 0 Å². The van der Waals surface area contributed by atoms with E-state index in [1.54, 1.807) is 48.3 Å². The highest BCUT2D eigenvalue weighted by atomic mass is 19.1. The molecule has 0 saturated carbocycles. The summed E-state index contributed by atoms with van der Waals surface area (Å²) in [5.74, 6) is -0.437. The van der Waals surface area contributed by atoms with E-state index in [1.807, 2.05) is 19.1 Å². The van der Waals surface area contributed by atoms with Gasteiger partial charge in [0.15, 0.2) is 0 Å². The number of aromatic nitrogens is 3. The molecule has 0 aliphatic heterocycles. The summed E-state index contributed by atoms with van der Waals surface area (Å²) in [6.07, 6.45) is 3.04. The molecule has 1 unspecified atom stereocenters. The Morgan fingerprint density at radius 1 is 1.23 bits per heavy atom. The average Bonchev–Trinajstić information content (AvgIpc) is 3.10. The van der Waals surface area contributed by atoms with Crippen LogP contribution in [0.15, 0.2) is 66.6 Å². The maximum atomic E-state index is 14.2. The number of hydrogen-bond donors (Lipinski definition) is 1. The van der Waals surface area contributed by atoms with E-state index in [-0.39, 0.29) is 23.6 Å². The number of hydrogen-bond acceptors (Lipinski definition) is 3. The van der Waals surface area contributed by atoms with Gasteiger partial charge in [-0.2, -0.15) is 5.10 Å². The molecule has 4 rings (SSSR count). The van der Waals surface area contributed by atoms with Gasteiger partial charge in [-0.05, 0) is 42.8 Å². The SMILES string of the molecule is Cc1ccccc1C(=O)Nc1ccc(-c2cc(C3=C(F)C=CCC3F)nn2C)cn1. The van der Waals surface area contributed by atoms with Crippen LogP contribution in [0.4, 0.5) is 14.6 Å². The third-order valence-corrected chi connectivity index (χ3v) is 5.02. The lowest BCUT2D eigenvalue weighted by Crippen LogP contribution is -2.14. The first-order chi connectivity index (χ1) is 14.4. The number of anilines is 1. The lowest BCUT2D eigenvalue weighted by Gasteiger charge is -2.12. The lowest BCUT2D eigenvalue weighted by atomic mass is 9.98.